The summed E-state index contributed by atoms with van der Waals surface area (Å²) >= 11 is 6.54. The molecule has 0 bridgehead atoms. The second-order valence-corrected chi connectivity index (χ2v) is 5.74. The number of rotatable bonds is 4. The van der Waals surface area contributed by atoms with Crippen LogP contribution in [0.3, 0.4) is 0 Å². The first kappa shape index (κ1) is 18.0. The molecular formula is C14H8ClF3N4OS. The number of carbonyl (C=O) groups is 1. The molecule has 5 nitrogen and oxygen atoms in total. The number of halogens is 4. The quantitative estimate of drug-likeness (QED) is 0.653. The Morgan fingerprint density at radius 2 is 2.12 bits per heavy atom. The van der Waals surface area contributed by atoms with E-state index in [-0.39, 0.29) is 22.2 Å². The lowest BCUT2D eigenvalue weighted by molar-refractivity contribution is -0.141. The van der Waals surface area contributed by atoms with Gasteiger partial charge in [-0.2, -0.15) is 18.4 Å². The van der Waals surface area contributed by atoms with Crippen molar-refractivity contribution >= 4 is 35.0 Å². The van der Waals surface area contributed by atoms with Gasteiger partial charge in [-0.05, 0) is 24.3 Å². The number of hydrogen-bond donors (Lipinski definition) is 1. The fraction of sp³-hybridized carbons (Fsp3) is 0.143. The van der Waals surface area contributed by atoms with E-state index in [1.54, 1.807) is 0 Å². The minimum atomic E-state index is -4.58. The molecule has 24 heavy (non-hydrogen) atoms. The maximum Gasteiger partial charge on any atom is 0.433 e. The molecule has 0 unspecified atom stereocenters. The van der Waals surface area contributed by atoms with Crippen LogP contribution in [0.4, 0.5) is 18.9 Å². The first-order valence-electron chi connectivity index (χ1n) is 6.32. The van der Waals surface area contributed by atoms with Crippen molar-refractivity contribution in [2.24, 2.45) is 0 Å². The minimum Gasteiger partial charge on any atom is -0.324 e. The lowest BCUT2D eigenvalue weighted by Gasteiger charge is -2.08. The van der Waals surface area contributed by atoms with Gasteiger partial charge in [0.1, 0.15) is 11.8 Å². The van der Waals surface area contributed by atoms with Gasteiger partial charge in [-0.3, -0.25) is 4.79 Å². The zero-order valence-corrected chi connectivity index (χ0v) is 13.3. The Morgan fingerprint density at radius 1 is 1.38 bits per heavy atom. The molecule has 1 aromatic carbocycles. The molecule has 0 saturated carbocycles. The van der Waals surface area contributed by atoms with Crippen molar-refractivity contribution in [1.82, 2.24) is 9.97 Å². The summed E-state index contributed by atoms with van der Waals surface area (Å²) < 4.78 is 37.7. The number of amides is 1. The number of nitrogens with zero attached hydrogens (tertiary/aromatic N) is 3. The zero-order valence-electron chi connectivity index (χ0n) is 11.8. The van der Waals surface area contributed by atoms with E-state index < -0.39 is 17.8 Å². The Hall–Kier alpha value is -2.31. The maximum absolute atomic E-state index is 12.6. The summed E-state index contributed by atoms with van der Waals surface area (Å²) in [5.74, 6) is -0.752. The molecule has 1 aromatic heterocycles. The third-order valence-electron chi connectivity index (χ3n) is 2.63. The molecular weight excluding hydrogens is 365 g/mol. The van der Waals surface area contributed by atoms with Crippen LogP contribution in [0.5, 0.6) is 0 Å². The second-order valence-electron chi connectivity index (χ2n) is 4.36. The normalized spacial score (nSPS) is 11.0. The minimum absolute atomic E-state index is 0.174. The molecule has 124 valence electrons. The highest BCUT2D eigenvalue weighted by Crippen LogP contribution is 2.28. The predicted octanol–water partition coefficient (Wildman–Crippen LogP) is 3.75. The number of hydrogen-bond acceptors (Lipinski definition) is 5. The summed E-state index contributed by atoms with van der Waals surface area (Å²) in [4.78, 5) is 18.9. The number of aromatic nitrogens is 2. The van der Waals surface area contributed by atoms with Gasteiger partial charge >= 0.3 is 6.18 Å². The Morgan fingerprint density at radius 3 is 2.79 bits per heavy atom. The van der Waals surface area contributed by atoms with Crippen LogP contribution in [0.2, 0.25) is 5.02 Å². The lowest BCUT2D eigenvalue weighted by atomic mass is 10.2. The van der Waals surface area contributed by atoms with Crippen LogP contribution in [0, 0.1) is 11.3 Å². The first-order chi connectivity index (χ1) is 11.3. The third-order valence-corrected chi connectivity index (χ3v) is 3.73. The van der Waals surface area contributed by atoms with Gasteiger partial charge in [-0.25, -0.2) is 9.97 Å². The Labute approximate surface area is 143 Å². The average molecular weight is 373 g/mol. The molecule has 0 radical (unpaired) electrons. The number of alkyl halides is 3. The largest absolute Gasteiger partial charge is 0.433 e. The molecule has 0 atom stereocenters. The van der Waals surface area contributed by atoms with E-state index in [4.69, 9.17) is 16.9 Å². The number of anilines is 1. The molecule has 0 spiro atoms. The van der Waals surface area contributed by atoms with Crippen LogP contribution in [-0.4, -0.2) is 21.6 Å². The average Bonchev–Trinajstić information content (AvgIpc) is 2.53. The van der Waals surface area contributed by atoms with Gasteiger partial charge in [0.25, 0.3) is 0 Å². The van der Waals surface area contributed by atoms with E-state index in [1.807, 2.05) is 6.07 Å². The SMILES string of the molecule is N#Cc1ccc(Cl)cc1NC(=O)CSc1nccc(C(F)(F)F)n1. The highest BCUT2D eigenvalue weighted by Gasteiger charge is 2.32. The zero-order chi connectivity index (χ0) is 17.7. The third kappa shape index (κ3) is 4.84. The highest BCUT2D eigenvalue weighted by molar-refractivity contribution is 7.99. The number of nitrogens with one attached hydrogen (secondary N) is 1. The second kappa shape index (κ2) is 7.51. The summed E-state index contributed by atoms with van der Waals surface area (Å²) in [5, 5.41) is 11.6. The molecule has 1 amide bonds. The Balaban J connectivity index is 2.02. The molecule has 2 aromatic rings. The van der Waals surface area contributed by atoms with Gasteiger partial charge in [-0.15, -0.1) is 0 Å². The van der Waals surface area contributed by atoms with Gasteiger partial charge in [0.15, 0.2) is 5.16 Å². The van der Waals surface area contributed by atoms with E-state index in [9.17, 15) is 18.0 Å². The summed E-state index contributed by atoms with van der Waals surface area (Å²) in [5.41, 5.74) is -0.643. The molecule has 0 aliphatic heterocycles. The van der Waals surface area contributed by atoms with Crippen LogP contribution >= 0.6 is 23.4 Å². The highest BCUT2D eigenvalue weighted by atomic mass is 35.5. The maximum atomic E-state index is 12.6. The van der Waals surface area contributed by atoms with Gasteiger partial charge in [0.2, 0.25) is 5.91 Å². The predicted molar refractivity (Wildman–Crippen MR) is 82.6 cm³/mol. The van der Waals surface area contributed by atoms with E-state index in [1.165, 1.54) is 18.2 Å². The smallest absolute Gasteiger partial charge is 0.324 e. The van der Waals surface area contributed by atoms with Crippen molar-refractivity contribution in [1.29, 1.82) is 5.26 Å². The Kier molecular flexibility index (Phi) is 5.64. The number of benzene rings is 1. The number of thioether (sulfide) groups is 1. The van der Waals surface area contributed by atoms with Gasteiger partial charge in [-0.1, -0.05) is 23.4 Å². The summed E-state index contributed by atoms with van der Waals surface area (Å²) in [7, 11) is 0. The fourth-order valence-corrected chi connectivity index (χ4v) is 2.40. The van der Waals surface area contributed by atoms with Crippen LogP contribution in [0.15, 0.2) is 35.6 Å². The summed E-state index contributed by atoms with van der Waals surface area (Å²) in [6.45, 7) is 0. The van der Waals surface area contributed by atoms with Crippen LogP contribution < -0.4 is 5.32 Å². The van der Waals surface area contributed by atoms with Crippen molar-refractivity contribution in [3.63, 3.8) is 0 Å². The standard InChI is InChI=1S/C14H8ClF3N4OS/c15-9-2-1-8(6-19)10(5-9)21-12(23)7-24-13-20-4-3-11(22-13)14(16,17)18/h1-5H,7H2,(H,21,23). The van der Waals surface area contributed by atoms with Crippen LogP contribution in [0.25, 0.3) is 0 Å². The van der Waals surface area contributed by atoms with Gasteiger partial charge < -0.3 is 5.32 Å². The monoisotopic (exact) mass is 372 g/mol. The van der Waals surface area contributed by atoms with Gasteiger partial charge in [0.05, 0.1) is 17.0 Å². The molecule has 0 aliphatic carbocycles. The molecule has 0 saturated heterocycles. The topological polar surface area (TPSA) is 78.7 Å². The molecule has 0 aliphatic rings. The number of nitriles is 1. The first-order valence-corrected chi connectivity index (χ1v) is 7.68. The fourth-order valence-electron chi connectivity index (χ4n) is 1.60. The van der Waals surface area contributed by atoms with E-state index >= 15 is 0 Å². The van der Waals surface area contributed by atoms with Gasteiger partial charge in [0, 0.05) is 11.2 Å². The van der Waals surface area contributed by atoms with E-state index in [0.29, 0.717) is 5.02 Å². The van der Waals surface area contributed by atoms with Crippen molar-refractivity contribution in [2.45, 2.75) is 11.3 Å². The lowest BCUT2D eigenvalue weighted by Crippen LogP contribution is -2.15. The van der Waals surface area contributed by atoms with Crippen LogP contribution in [0.1, 0.15) is 11.3 Å². The van der Waals surface area contributed by atoms with E-state index in [2.05, 4.69) is 15.3 Å². The number of carbonyl (C=O) groups excluding carboxylic acids is 1. The van der Waals surface area contributed by atoms with E-state index in [0.717, 1.165) is 24.0 Å². The Bertz CT molecular complexity index is 807. The summed E-state index contributed by atoms with van der Waals surface area (Å²) in [6.07, 6.45) is -3.61. The van der Waals surface area contributed by atoms with Crippen molar-refractivity contribution in [3.05, 3.63) is 46.7 Å². The molecule has 1 N–H and O–H groups in total. The molecule has 1 heterocycles. The summed E-state index contributed by atoms with van der Waals surface area (Å²) in [6, 6.07) is 6.99. The van der Waals surface area contributed by atoms with Crippen molar-refractivity contribution in [3.8, 4) is 6.07 Å². The molecule has 10 heteroatoms. The van der Waals surface area contributed by atoms with Crippen LogP contribution in [-0.2, 0) is 11.0 Å². The van der Waals surface area contributed by atoms with Crippen molar-refractivity contribution < 1.29 is 18.0 Å². The molecule has 0 fully saturated rings. The van der Waals surface area contributed by atoms with Crippen molar-refractivity contribution in [2.75, 3.05) is 11.1 Å². The molecule has 2 rings (SSSR count).